The van der Waals surface area contributed by atoms with Crippen LogP contribution >= 0.6 is 11.6 Å². The second-order valence-corrected chi connectivity index (χ2v) is 5.23. The Morgan fingerprint density at radius 2 is 2.00 bits per heavy atom. The number of aryl methyl sites for hydroxylation is 2. The first-order valence-corrected chi connectivity index (χ1v) is 6.95. The van der Waals surface area contributed by atoms with E-state index in [9.17, 15) is 0 Å². The third kappa shape index (κ3) is 4.46. The third-order valence-corrected chi connectivity index (χ3v) is 3.15. The van der Waals surface area contributed by atoms with E-state index in [-0.39, 0.29) is 17.3 Å². The van der Waals surface area contributed by atoms with Crippen LogP contribution in [0.15, 0.2) is 18.2 Å². The fourth-order valence-corrected chi connectivity index (χ4v) is 1.88. The van der Waals surface area contributed by atoms with Crippen molar-refractivity contribution >= 4 is 23.5 Å². The molecule has 0 aliphatic carbocycles. The lowest BCUT2D eigenvalue weighted by molar-refractivity contribution is 0.303. The molecular formula is C14H18ClN5O. The highest BCUT2D eigenvalue weighted by Gasteiger charge is 2.08. The molecule has 2 aromatic rings. The van der Waals surface area contributed by atoms with Gasteiger partial charge in [0.25, 0.3) is 0 Å². The van der Waals surface area contributed by atoms with Gasteiger partial charge in [-0.05, 0) is 55.6 Å². The van der Waals surface area contributed by atoms with Crippen molar-refractivity contribution < 1.29 is 4.74 Å². The molecule has 7 heteroatoms. The van der Waals surface area contributed by atoms with Gasteiger partial charge >= 0.3 is 0 Å². The summed E-state index contributed by atoms with van der Waals surface area (Å²) in [5.74, 6) is 1.25. The Kier molecular flexibility index (Phi) is 4.80. The summed E-state index contributed by atoms with van der Waals surface area (Å²) >= 11 is 5.73. The lowest BCUT2D eigenvalue weighted by Gasteiger charge is -2.15. The van der Waals surface area contributed by atoms with E-state index in [0.29, 0.717) is 12.6 Å². The van der Waals surface area contributed by atoms with E-state index in [1.807, 2.05) is 25.1 Å². The molecule has 0 aliphatic heterocycles. The van der Waals surface area contributed by atoms with E-state index in [4.69, 9.17) is 22.1 Å². The van der Waals surface area contributed by atoms with Crippen molar-refractivity contribution in [2.75, 3.05) is 17.7 Å². The molecule has 1 heterocycles. The van der Waals surface area contributed by atoms with Crippen molar-refractivity contribution in [1.29, 1.82) is 0 Å². The van der Waals surface area contributed by atoms with Crippen LogP contribution in [0.5, 0.6) is 5.75 Å². The van der Waals surface area contributed by atoms with Crippen LogP contribution in [0.3, 0.4) is 0 Å². The van der Waals surface area contributed by atoms with Gasteiger partial charge in [0.1, 0.15) is 12.4 Å². The highest BCUT2D eigenvalue weighted by atomic mass is 35.5. The van der Waals surface area contributed by atoms with Gasteiger partial charge in [-0.25, -0.2) is 0 Å². The Morgan fingerprint density at radius 1 is 1.24 bits per heavy atom. The molecule has 0 radical (unpaired) electrons. The molecule has 0 spiro atoms. The van der Waals surface area contributed by atoms with Gasteiger partial charge in [-0.3, -0.25) is 0 Å². The second kappa shape index (κ2) is 6.58. The van der Waals surface area contributed by atoms with Crippen molar-refractivity contribution in [3.63, 3.8) is 0 Å². The van der Waals surface area contributed by atoms with E-state index in [1.165, 1.54) is 11.1 Å². The Labute approximate surface area is 128 Å². The number of anilines is 2. The average Bonchev–Trinajstić information content (AvgIpc) is 2.39. The van der Waals surface area contributed by atoms with E-state index in [0.717, 1.165) is 5.75 Å². The molecule has 21 heavy (non-hydrogen) atoms. The minimum absolute atomic E-state index is 0.00974. The van der Waals surface area contributed by atoms with Crippen LogP contribution in [0.25, 0.3) is 0 Å². The topological polar surface area (TPSA) is 86.0 Å². The first-order valence-electron chi connectivity index (χ1n) is 6.57. The molecule has 0 saturated heterocycles. The number of nitrogens with zero attached hydrogens (tertiary/aromatic N) is 3. The molecule has 112 valence electrons. The van der Waals surface area contributed by atoms with Gasteiger partial charge in [-0.15, -0.1) is 0 Å². The Bertz CT molecular complexity index is 615. The number of nitrogen functional groups attached to an aromatic ring is 1. The first kappa shape index (κ1) is 15.3. The predicted molar refractivity (Wildman–Crippen MR) is 83.7 cm³/mol. The smallest absolute Gasteiger partial charge is 0.229 e. The number of nitrogens with one attached hydrogen (secondary N) is 1. The highest BCUT2D eigenvalue weighted by molar-refractivity contribution is 6.28. The number of aromatic nitrogens is 3. The standard InChI is InChI=1S/C14H18ClN5O/c1-8-4-5-11(6-9(8)2)21-7-10(3)17-14-19-12(15)18-13(16)20-14/h4-6,10H,7H2,1-3H3,(H3,16,17,18,19,20). The summed E-state index contributed by atoms with van der Waals surface area (Å²) in [6.45, 7) is 6.54. The number of hydrogen-bond donors (Lipinski definition) is 2. The van der Waals surface area contributed by atoms with Gasteiger partial charge in [0, 0.05) is 0 Å². The lowest BCUT2D eigenvalue weighted by atomic mass is 10.1. The largest absolute Gasteiger partial charge is 0.491 e. The molecule has 1 aromatic heterocycles. The SMILES string of the molecule is Cc1ccc(OCC(C)Nc2nc(N)nc(Cl)n2)cc1C. The summed E-state index contributed by atoms with van der Waals surface area (Å²) < 4.78 is 5.74. The molecule has 0 saturated carbocycles. The summed E-state index contributed by atoms with van der Waals surface area (Å²) in [5.41, 5.74) is 7.95. The van der Waals surface area contributed by atoms with Gasteiger partial charge in [-0.2, -0.15) is 15.0 Å². The second-order valence-electron chi connectivity index (χ2n) is 4.89. The zero-order valence-electron chi connectivity index (χ0n) is 12.2. The van der Waals surface area contributed by atoms with Crippen LogP contribution < -0.4 is 15.8 Å². The summed E-state index contributed by atoms with van der Waals surface area (Å²) in [6, 6.07) is 5.99. The number of rotatable bonds is 5. The van der Waals surface area contributed by atoms with Gasteiger partial charge in [0.15, 0.2) is 0 Å². The molecule has 1 aromatic carbocycles. The van der Waals surface area contributed by atoms with Gasteiger partial charge in [0.05, 0.1) is 6.04 Å². The van der Waals surface area contributed by atoms with Crippen molar-refractivity contribution in [3.8, 4) is 5.75 Å². The number of ether oxygens (including phenoxy) is 1. The molecule has 3 N–H and O–H groups in total. The molecule has 6 nitrogen and oxygen atoms in total. The molecular weight excluding hydrogens is 290 g/mol. The maximum Gasteiger partial charge on any atom is 0.229 e. The quantitative estimate of drug-likeness (QED) is 0.883. The van der Waals surface area contributed by atoms with E-state index >= 15 is 0 Å². The molecule has 0 fully saturated rings. The van der Waals surface area contributed by atoms with Crippen LogP contribution in [0, 0.1) is 13.8 Å². The molecule has 2 rings (SSSR count). The van der Waals surface area contributed by atoms with Crippen LogP contribution in [0.1, 0.15) is 18.1 Å². The monoisotopic (exact) mass is 307 g/mol. The van der Waals surface area contributed by atoms with Crippen molar-refractivity contribution in [1.82, 2.24) is 15.0 Å². The minimum Gasteiger partial charge on any atom is -0.491 e. The number of nitrogens with two attached hydrogens (primary N) is 1. The van der Waals surface area contributed by atoms with Crippen LogP contribution in [0.4, 0.5) is 11.9 Å². The zero-order chi connectivity index (χ0) is 15.4. The Morgan fingerprint density at radius 3 is 2.67 bits per heavy atom. The molecule has 1 unspecified atom stereocenters. The van der Waals surface area contributed by atoms with Gasteiger partial charge < -0.3 is 15.8 Å². The number of benzene rings is 1. The average molecular weight is 308 g/mol. The van der Waals surface area contributed by atoms with Crippen LogP contribution in [-0.2, 0) is 0 Å². The zero-order valence-corrected chi connectivity index (χ0v) is 13.0. The Balaban J connectivity index is 1.92. The molecule has 0 aliphatic rings. The summed E-state index contributed by atoms with van der Waals surface area (Å²) in [5, 5.41) is 3.13. The van der Waals surface area contributed by atoms with E-state index in [1.54, 1.807) is 0 Å². The first-order chi connectivity index (χ1) is 9.94. The van der Waals surface area contributed by atoms with E-state index in [2.05, 4.69) is 34.1 Å². The molecule has 1 atom stereocenters. The fraction of sp³-hybridized carbons (Fsp3) is 0.357. The normalized spacial score (nSPS) is 12.0. The van der Waals surface area contributed by atoms with Crippen molar-refractivity contribution in [2.24, 2.45) is 0 Å². The number of halogens is 1. The Hall–Kier alpha value is -2.08. The summed E-state index contributed by atoms with van der Waals surface area (Å²) in [7, 11) is 0. The molecule has 0 bridgehead atoms. The van der Waals surface area contributed by atoms with Gasteiger partial charge in [-0.1, -0.05) is 6.07 Å². The van der Waals surface area contributed by atoms with Crippen molar-refractivity contribution in [2.45, 2.75) is 26.8 Å². The lowest BCUT2D eigenvalue weighted by Crippen LogP contribution is -2.25. The maximum absolute atomic E-state index is 5.74. The molecule has 0 amide bonds. The highest BCUT2D eigenvalue weighted by Crippen LogP contribution is 2.17. The van der Waals surface area contributed by atoms with Crippen molar-refractivity contribution in [3.05, 3.63) is 34.6 Å². The predicted octanol–water partition coefficient (Wildman–Crippen LogP) is 2.60. The third-order valence-electron chi connectivity index (χ3n) is 2.98. The summed E-state index contributed by atoms with van der Waals surface area (Å²) in [6.07, 6.45) is 0. The minimum atomic E-state index is -0.00974. The maximum atomic E-state index is 5.74. The fourth-order valence-electron chi connectivity index (χ4n) is 1.72. The van der Waals surface area contributed by atoms with Crippen LogP contribution in [0.2, 0.25) is 5.28 Å². The van der Waals surface area contributed by atoms with Gasteiger partial charge in [0.2, 0.25) is 17.2 Å². The summed E-state index contributed by atoms with van der Waals surface area (Å²) in [4.78, 5) is 11.6. The van der Waals surface area contributed by atoms with E-state index < -0.39 is 0 Å². The number of hydrogen-bond acceptors (Lipinski definition) is 6. The van der Waals surface area contributed by atoms with Crippen LogP contribution in [-0.4, -0.2) is 27.6 Å².